The van der Waals surface area contributed by atoms with Crippen LogP contribution in [0.25, 0.3) is 11.3 Å². The van der Waals surface area contributed by atoms with Gasteiger partial charge in [0.25, 0.3) is 0 Å². The molecule has 1 atom stereocenters. The molecule has 28 heavy (non-hydrogen) atoms. The third kappa shape index (κ3) is 3.88. The summed E-state index contributed by atoms with van der Waals surface area (Å²) in [7, 11) is 1.73. The maximum atomic E-state index is 10.6. The number of piperidine rings is 1. The molecular formula is C20H27N5O3. The lowest BCUT2D eigenvalue weighted by molar-refractivity contribution is 0.131. The Morgan fingerprint density at radius 2 is 2.25 bits per heavy atom. The van der Waals surface area contributed by atoms with E-state index in [1.807, 2.05) is 19.1 Å². The van der Waals surface area contributed by atoms with Gasteiger partial charge in [0.1, 0.15) is 17.2 Å². The number of rotatable bonds is 6. The van der Waals surface area contributed by atoms with Crippen LogP contribution in [0.4, 0.5) is 5.95 Å². The highest BCUT2D eigenvalue weighted by Crippen LogP contribution is 2.40. The number of likely N-dealkylation sites (tertiary alicyclic amines) is 1. The van der Waals surface area contributed by atoms with Crippen molar-refractivity contribution in [2.24, 2.45) is 0 Å². The molecule has 2 aliphatic heterocycles. The SMILES string of the molecule is COCCN1CCC[C@@H](Nc2nnc(-c3ccc4c(c3O)CCO4)c(C)n2)C1. The van der Waals surface area contributed by atoms with E-state index in [-0.39, 0.29) is 5.75 Å². The van der Waals surface area contributed by atoms with E-state index >= 15 is 0 Å². The third-order valence-electron chi connectivity index (χ3n) is 5.42. The number of aromatic nitrogens is 3. The van der Waals surface area contributed by atoms with Gasteiger partial charge in [-0.3, -0.25) is 4.90 Å². The first-order chi connectivity index (χ1) is 13.7. The lowest BCUT2D eigenvalue weighted by Gasteiger charge is -2.32. The average molecular weight is 385 g/mol. The van der Waals surface area contributed by atoms with Crippen LogP contribution in [0.15, 0.2) is 12.1 Å². The maximum Gasteiger partial charge on any atom is 0.243 e. The van der Waals surface area contributed by atoms with Crippen molar-refractivity contribution >= 4 is 5.95 Å². The number of phenolic OH excluding ortho intramolecular Hbond substituents is 1. The van der Waals surface area contributed by atoms with Gasteiger partial charge in [0.2, 0.25) is 5.95 Å². The molecule has 8 heteroatoms. The predicted octanol–water partition coefficient (Wildman–Crippen LogP) is 2.01. The Kier molecular flexibility index (Phi) is 5.59. The molecule has 0 spiro atoms. The van der Waals surface area contributed by atoms with Crippen LogP contribution in [0, 0.1) is 6.92 Å². The molecule has 4 rings (SSSR count). The van der Waals surface area contributed by atoms with Crippen LogP contribution in [0.2, 0.25) is 0 Å². The number of hydrogen-bond acceptors (Lipinski definition) is 8. The summed E-state index contributed by atoms with van der Waals surface area (Å²) in [6, 6.07) is 3.99. The molecule has 0 saturated carbocycles. The zero-order chi connectivity index (χ0) is 19.5. The number of benzene rings is 1. The minimum absolute atomic E-state index is 0.218. The lowest BCUT2D eigenvalue weighted by atomic mass is 10.0. The molecule has 0 bridgehead atoms. The first kappa shape index (κ1) is 18.9. The van der Waals surface area contributed by atoms with E-state index in [1.165, 1.54) is 0 Å². The van der Waals surface area contributed by atoms with Crippen LogP contribution in [0.5, 0.6) is 11.5 Å². The summed E-state index contributed by atoms with van der Waals surface area (Å²) >= 11 is 0. The highest BCUT2D eigenvalue weighted by Gasteiger charge is 2.23. The highest BCUT2D eigenvalue weighted by molar-refractivity contribution is 5.72. The fraction of sp³-hybridized carbons (Fsp3) is 0.550. The summed E-state index contributed by atoms with van der Waals surface area (Å²) in [6.07, 6.45) is 2.92. The van der Waals surface area contributed by atoms with E-state index in [0.29, 0.717) is 36.3 Å². The molecule has 0 amide bonds. The molecule has 2 aromatic rings. The van der Waals surface area contributed by atoms with Gasteiger partial charge in [0.05, 0.1) is 18.9 Å². The first-order valence-electron chi connectivity index (χ1n) is 9.83. The second-order valence-corrected chi connectivity index (χ2v) is 7.38. The van der Waals surface area contributed by atoms with Crippen molar-refractivity contribution in [2.75, 3.05) is 45.3 Å². The van der Waals surface area contributed by atoms with Gasteiger partial charge >= 0.3 is 0 Å². The summed E-state index contributed by atoms with van der Waals surface area (Å²) in [6.45, 7) is 6.21. The molecule has 1 fully saturated rings. The van der Waals surface area contributed by atoms with E-state index in [4.69, 9.17) is 9.47 Å². The van der Waals surface area contributed by atoms with E-state index in [0.717, 1.165) is 56.1 Å². The number of phenols is 1. The number of nitrogens with one attached hydrogen (secondary N) is 1. The van der Waals surface area contributed by atoms with Gasteiger partial charge in [-0.25, -0.2) is 4.98 Å². The molecule has 2 aliphatic rings. The van der Waals surface area contributed by atoms with Crippen molar-refractivity contribution in [3.63, 3.8) is 0 Å². The van der Waals surface area contributed by atoms with Crippen molar-refractivity contribution in [3.8, 4) is 22.8 Å². The molecule has 1 saturated heterocycles. The van der Waals surface area contributed by atoms with Crippen LogP contribution in [0.3, 0.4) is 0 Å². The molecule has 1 aromatic heterocycles. The monoisotopic (exact) mass is 385 g/mol. The smallest absolute Gasteiger partial charge is 0.243 e. The molecular weight excluding hydrogens is 358 g/mol. The Labute approximate surface area is 164 Å². The number of fused-ring (bicyclic) bond motifs is 1. The van der Waals surface area contributed by atoms with E-state index in [2.05, 4.69) is 25.4 Å². The minimum atomic E-state index is 0.218. The van der Waals surface area contributed by atoms with Crippen molar-refractivity contribution in [3.05, 3.63) is 23.4 Å². The quantitative estimate of drug-likeness (QED) is 0.780. The summed E-state index contributed by atoms with van der Waals surface area (Å²) in [4.78, 5) is 6.99. The normalized spacial score (nSPS) is 19.3. The second kappa shape index (κ2) is 8.28. The summed E-state index contributed by atoms with van der Waals surface area (Å²) < 4.78 is 10.7. The van der Waals surface area contributed by atoms with Crippen molar-refractivity contribution < 1.29 is 14.6 Å². The van der Waals surface area contributed by atoms with Crippen LogP contribution in [-0.2, 0) is 11.2 Å². The Morgan fingerprint density at radius 3 is 3.07 bits per heavy atom. The maximum absolute atomic E-state index is 10.6. The fourth-order valence-corrected chi connectivity index (χ4v) is 3.94. The van der Waals surface area contributed by atoms with Crippen molar-refractivity contribution in [2.45, 2.75) is 32.2 Å². The number of aromatic hydroxyl groups is 1. The molecule has 3 heterocycles. The molecule has 2 N–H and O–H groups in total. The van der Waals surface area contributed by atoms with E-state index in [9.17, 15) is 5.11 Å². The summed E-state index contributed by atoms with van der Waals surface area (Å²) in [5.74, 6) is 1.49. The lowest BCUT2D eigenvalue weighted by Crippen LogP contribution is -2.43. The van der Waals surface area contributed by atoms with Gasteiger partial charge in [-0.05, 0) is 38.4 Å². The van der Waals surface area contributed by atoms with Gasteiger partial charge in [-0.15, -0.1) is 10.2 Å². The van der Waals surface area contributed by atoms with E-state index < -0.39 is 0 Å². The van der Waals surface area contributed by atoms with Crippen LogP contribution >= 0.6 is 0 Å². The Balaban J connectivity index is 1.48. The van der Waals surface area contributed by atoms with Crippen LogP contribution < -0.4 is 10.1 Å². The Bertz CT molecular complexity index is 845. The second-order valence-electron chi connectivity index (χ2n) is 7.38. The molecule has 1 aromatic carbocycles. The Hall–Kier alpha value is -2.45. The van der Waals surface area contributed by atoms with Crippen molar-refractivity contribution in [1.29, 1.82) is 0 Å². The van der Waals surface area contributed by atoms with E-state index in [1.54, 1.807) is 7.11 Å². The first-order valence-corrected chi connectivity index (χ1v) is 9.83. The van der Waals surface area contributed by atoms with Crippen LogP contribution in [0.1, 0.15) is 24.1 Å². The molecule has 0 unspecified atom stereocenters. The summed E-state index contributed by atoms with van der Waals surface area (Å²) in [5.41, 5.74) is 2.82. The zero-order valence-corrected chi connectivity index (χ0v) is 16.4. The predicted molar refractivity (Wildman–Crippen MR) is 106 cm³/mol. The van der Waals surface area contributed by atoms with Gasteiger partial charge < -0.3 is 19.9 Å². The fourth-order valence-electron chi connectivity index (χ4n) is 3.94. The average Bonchev–Trinajstić information content (AvgIpc) is 3.18. The number of aryl methyl sites for hydroxylation is 1. The minimum Gasteiger partial charge on any atom is -0.507 e. The van der Waals surface area contributed by atoms with Gasteiger partial charge in [0.15, 0.2) is 0 Å². The number of methoxy groups -OCH3 is 1. The standard InChI is InChI=1S/C20H27N5O3/c1-13-18(16-5-6-17-15(19(16)26)7-10-28-17)23-24-20(21-13)22-14-4-3-8-25(12-14)9-11-27-2/h5-6,14,26H,3-4,7-12H2,1-2H3,(H,21,22,24)/t14-/m1/s1. The number of anilines is 1. The van der Waals surface area contributed by atoms with Crippen molar-refractivity contribution in [1.82, 2.24) is 20.1 Å². The molecule has 0 aliphatic carbocycles. The molecule has 8 nitrogen and oxygen atoms in total. The highest BCUT2D eigenvalue weighted by atomic mass is 16.5. The number of hydrogen-bond donors (Lipinski definition) is 2. The zero-order valence-electron chi connectivity index (χ0n) is 16.4. The van der Waals surface area contributed by atoms with Gasteiger partial charge in [-0.1, -0.05) is 0 Å². The van der Waals surface area contributed by atoms with Crippen LogP contribution in [-0.4, -0.2) is 71.2 Å². The Morgan fingerprint density at radius 1 is 1.36 bits per heavy atom. The number of nitrogens with zero attached hydrogens (tertiary/aromatic N) is 4. The topological polar surface area (TPSA) is 92.6 Å². The molecule has 150 valence electrons. The van der Waals surface area contributed by atoms with Gasteiger partial charge in [0, 0.05) is 43.8 Å². The number of ether oxygens (including phenoxy) is 2. The van der Waals surface area contributed by atoms with Gasteiger partial charge in [-0.2, -0.15) is 0 Å². The molecule has 0 radical (unpaired) electrons. The largest absolute Gasteiger partial charge is 0.507 e. The summed E-state index contributed by atoms with van der Waals surface area (Å²) in [5, 5.41) is 22.7. The third-order valence-corrected chi connectivity index (χ3v) is 5.42.